The number of benzene rings is 1. The normalized spacial score (nSPS) is 15.8. The standard InChI is InChI=1S/C18H17F3N2O/c1-11-14(9-10-15(22-11)18(19,20)21)17(24)23-16(13-7-8-13)12-5-3-2-4-6-12/h2-6,9-10,13,16H,7-8H2,1H3,(H,23,24). The average molecular weight is 334 g/mol. The van der Waals surface area contributed by atoms with Gasteiger partial charge >= 0.3 is 6.18 Å². The summed E-state index contributed by atoms with van der Waals surface area (Å²) in [4.78, 5) is 16.0. The van der Waals surface area contributed by atoms with Gasteiger partial charge in [-0.05, 0) is 43.4 Å². The van der Waals surface area contributed by atoms with Gasteiger partial charge in [0.1, 0.15) is 5.69 Å². The van der Waals surface area contributed by atoms with Gasteiger partial charge in [0.25, 0.3) is 5.91 Å². The summed E-state index contributed by atoms with van der Waals surface area (Å²) in [5.41, 5.74) is 0.263. The lowest BCUT2D eigenvalue weighted by molar-refractivity contribution is -0.141. The Morgan fingerprint density at radius 3 is 2.38 bits per heavy atom. The van der Waals surface area contributed by atoms with E-state index < -0.39 is 17.8 Å². The molecule has 1 heterocycles. The van der Waals surface area contributed by atoms with Crippen LogP contribution in [-0.4, -0.2) is 10.9 Å². The maximum absolute atomic E-state index is 12.7. The number of rotatable bonds is 4. The number of alkyl halides is 3. The minimum absolute atomic E-state index is 0.0740. The van der Waals surface area contributed by atoms with Crippen LogP contribution in [0.4, 0.5) is 13.2 Å². The second-order valence-electron chi connectivity index (χ2n) is 6.03. The number of amides is 1. The summed E-state index contributed by atoms with van der Waals surface area (Å²) < 4.78 is 38.0. The highest BCUT2D eigenvalue weighted by atomic mass is 19.4. The maximum Gasteiger partial charge on any atom is 0.433 e. The summed E-state index contributed by atoms with van der Waals surface area (Å²) >= 11 is 0. The quantitative estimate of drug-likeness (QED) is 0.906. The number of hydrogen-bond acceptors (Lipinski definition) is 2. The van der Waals surface area contributed by atoms with Gasteiger partial charge in [-0.3, -0.25) is 4.79 Å². The van der Waals surface area contributed by atoms with Crippen LogP contribution < -0.4 is 5.32 Å². The molecule has 1 fully saturated rings. The fourth-order valence-corrected chi connectivity index (χ4v) is 2.74. The van der Waals surface area contributed by atoms with E-state index in [1.807, 2.05) is 30.3 Å². The average Bonchev–Trinajstić information content (AvgIpc) is 3.37. The number of carbonyl (C=O) groups excluding carboxylic acids is 1. The molecule has 3 rings (SSSR count). The summed E-state index contributed by atoms with van der Waals surface area (Å²) in [7, 11) is 0. The van der Waals surface area contributed by atoms with E-state index in [1.165, 1.54) is 13.0 Å². The highest BCUT2D eigenvalue weighted by molar-refractivity contribution is 5.95. The third-order valence-electron chi connectivity index (χ3n) is 4.16. The van der Waals surface area contributed by atoms with Gasteiger partial charge in [-0.25, -0.2) is 4.98 Å². The number of aromatic nitrogens is 1. The van der Waals surface area contributed by atoms with Crippen molar-refractivity contribution in [3.63, 3.8) is 0 Å². The van der Waals surface area contributed by atoms with Gasteiger partial charge in [0.05, 0.1) is 17.3 Å². The monoisotopic (exact) mass is 334 g/mol. The van der Waals surface area contributed by atoms with E-state index in [-0.39, 0.29) is 17.3 Å². The van der Waals surface area contributed by atoms with Crippen molar-refractivity contribution in [3.8, 4) is 0 Å². The van der Waals surface area contributed by atoms with Gasteiger partial charge in [-0.15, -0.1) is 0 Å². The molecular weight excluding hydrogens is 317 g/mol. The molecule has 1 N–H and O–H groups in total. The summed E-state index contributed by atoms with van der Waals surface area (Å²) in [5.74, 6) is -0.0199. The Labute approximate surface area is 137 Å². The molecule has 1 amide bonds. The van der Waals surface area contributed by atoms with Crippen molar-refractivity contribution in [2.45, 2.75) is 32.0 Å². The molecule has 0 spiro atoms. The van der Waals surface area contributed by atoms with Crippen LogP contribution in [0.5, 0.6) is 0 Å². The molecule has 0 aliphatic heterocycles. The lowest BCUT2D eigenvalue weighted by atomic mass is 10.0. The van der Waals surface area contributed by atoms with Crippen molar-refractivity contribution in [2.24, 2.45) is 5.92 Å². The van der Waals surface area contributed by atoms with Gasteiger partial charge in [0.15, 0.2) is 0 Å². The molecule has 0 radical (unpaired) electrons. The molecular formula is C18H17F3N2O. The predicted octanol–water partition coefficient (Wildman–Crippen LogP) is 4.29. The molecule has 1 unspecified atom stereocenters. The van der Waals surface area contributed by atoms with Gasteiger partial charge in [-0.2, -0.15) is 13.2 Å². The Morgan fingerprint density at radius 1 is 1.17 bits per heavy atom. The van der Waals surface area contributed by atoms with Crippen LogP contribution in [0.1, 0.15) is 46.2 Å². The second kappa shape index (κ2) is 6.26. The van der Waals surface area contributed by atoms with Gasteiger partial charge in [0.2, 0.25) is 0 Å². The van der Waals surface area contributed by atoms with Crippen LogP contribution in [0, 0.1) is 12.8 Å². The first-order valence-electron chi connectivity index (χ1n) is 7.77. The molecule has 1 atom stereocenters. The number of carbonyl (C=O) groups is 1. The SMILES string of the molecule is Cc1nc(C(F)(F)F)ccc1C(=O)NC(c1ccccc1)C1CC1. The Kier molecular flexibility index (Phi) is 4.30. The zero-order valence-electron chi connectivity index (χ0n) is 13.1. The lowest BCUT2D eigenvalue weighted by Crippen LogP contribution is -2.30. The molecule has 0 saturated heterocycles. The Bertz CT molecular complexity index is 740. The topological polar surface area (TPSA) is 42.0 Å². The fraction of sp³-hybridized carbons (Fsp3) is 0.333. The van der Waals surface area contributed by atoms with Crippen LogP contribution in [0.15, 0.2) is 42.5 Å². The Balaban J connectivity index is 1.81. The van der Waals surface area contributed by atoms with Crippen LogP contribution >= 0.6 is 0 Å². The summed E-state index contributed by atoms with van der Waals surface area (Å²) in [6.07, 6.45) is -2.45. The first kappa shape index (κ1) is 16.5. The highest BCUT2D eigenvalue weighted by Crippen LogP contribution is 2.41. The second-order valence-corrected chi connectivity index (χ2v) is 6.03. The highest BCUT2D eigenvalue weighted by Gasteiger charge is 2.35. The molecule has 1 aromatic heterocycles. The van der Waals surface area contributed by atoms with E-state index in [0.29, 0.717) is 5.92 Å². The molecule has 0 bridgehead atoms. The van der Waals surface area contributed by atoms with Crippen molar-refractivity contribution in [1.29, 1.82) is 0 Å². The van der Waals surface area contributed by atoms with Gasteiger partial charge in [-0.1, -0.05) is 30.3 Å². The molecule has 2 aromatic rings. The Morgan fingerprint density at radius 2 is 1.83 bits per heavy atom. The van der Waals surface area contributed by atoms with Crippen LogP contribution in [0.3, 0.4) is 0 Å². The number of nitrogens with zero attached hydrogens (tertiary/aromatic N) is 1. The maximum atomic E-state index is 12.7. The molecule has 1 aliphatic rings. The van der Waals surface area contributed by atoms with Crippen molar-refractivity contribution in [3.05, 3.63) is 65.0 Å². The molecule has 3 nitrogen and oxygen atoms in total. The number of nitrogens with one attached hydrogen (secondary N) is 1. The molecule has 6 heteroatoms. The molecule has 1 aromatic carbocycles. The summed E-state index contributed by atoms with van der Waals surface area (Å²) in [6, 6.07) is 11.5. The first-order chi connectivity index (χ1) is 11.4. The van der Waals surface area contributed by atoms with E-state index in [9.17, 15) is 18.0 Å². The van der Waals surface area contributed by atoms with Gasteiger partial charge in [0, 0.05) is 0 Å². The minimum atomic E-state index is -4.51. The van der Waals surface area contributed by atoms with Crippen LogP contribution in [0.25, 0.3) is 0 Å². The van der Waals surface area contributed by atoms with Crippen LogP contribution in [0.2, 0.25) is 0 Å². The third-order valence-corrected chi connectivity index (χ3v) is 4.16. The zero-order valence-corrected chi connectivity index (χ0v) is 13.1. The van der Waals surface area contributed by atoms with Crippen molar-refractivity contribution in [1.82, 2.24) is 10.3 Å². The van der Waals surface area contributed by atoms with E-state index >= 15 is 0 Å². The molecule has 126 valence electrons. The number of pyridine rings is 1. The number of aryl methyl sites for hydroxylation is 1. The molecule has 24 heavy (non-hydrogen) atoms. The first-order valence-corrected chi connectivity index (χ1v) is 7.77. The minimum Gasteiger partial charge on any atom is -0.345 e. The van der Waals surface area contributed by atoms with E-state index in [1.54, 1.807) is 0 Å². The van der Waals surface area contributed by atoms with E-state index in [2.05, 4.69) is 10.3 Å². The smallest absolute Gasteiger partial charge is 0.345 e. The van der Waals surface area contributed by atoms with Crippen molar-refractivity contribution < 1.29 is 18.0 Å². The van der Waals surface area contributed by atoms with Crippen molar-refractivity contribution >= 4 is 5.91 Å². The molecule has 1 saturated carbocycles. The predicted molar refractivity (Wildman–Crippen MR) is 83.3 cm³/mol. The third kappa shape index (κ3) is 3.58. The van der Waals surface area contributed by atoms with E-state index in [0.717, 1.165) is 24.5 Å². The number of halogens is 3. The summed E-state index contributed by atoms with van der Waals surface area (Å²) in [6.45, 7) is 1.42. The summed E-state index contributed by atoms with van der Waals surface area (Å²) in [5, 5.41) is 2.95. The largest absolute Gasteiger partial charge is 0.433 e. The lowest BCUT2D eigenvalue weighted by Gasteiger charge is -2.19. The zero-order chi connectivity index (χ0) is 17.3. The Hall–Kier alpha value is -2.37. The van der Waals surface area contributed by atoms with Crippen molar-refractivity contribution in [2.75, 3.05) is 0 Å². The van der Waals surface area contributed by atoms with Crippen LogP contribution in [-0.2, 0) is 6.18 Å². The fourth-order valence-electron chi connectivity index (χ4n) is 2.74. The van der Waals surface area contributed by atoms with E-state index in [4.69, 9.17) is 0 Å². The van der Waals surface area contributed by atoms with Gasteiger partial charge < -0.3 is 5.32 Å². The number of hydrogen-bond donors (Lipinski definition) is 1. The molecule has 1 aliphatic carbocycles.